The molecule has 2 nitrogen and oxygen atoms in total. The van der Waals surface area contributed by atoms with Crippen molar-refractivity contribution in [2.45, 2.75) is 19.3 Å². The van der Waals surface area contributed by atoms with Crippen molar-refractivity contribution in [2.24, 2.45) is 0 Å². The topological polar surface area (TPSA) is 16.4 Å². The van der Waals surface area contributed by atoms with E-state index in [1.165, 1.54) is 11.1 Å². The molecule has 1 aliphatic carbocycles. The van der Waals surface area contributed by atoms with Crippen LogP contribution in [0.4, 0.5) is 17.1 Å². The van der Waals surface area contributed by atoms with Gasteiger partial charge in [-0.15, -0.1) is 0 Å². The van der Waals surface area contributed by atoms with Crippen LogP contribution in [0.25, 0.3) is 66.1 Å². The number of nitrogens with zero attached hydrogens (tertiary/aromatic N) is 1. The van der Waals surface area contributed by atoms with E-state index in [1.807, 2.05) is 77.7 Å². The molecule has 0 atom stereocenters. The summed E-state index contributed by atoms with van der Waals surface area (Å²) < 4.78 is 44.1. The highest BCUT2D eigenvalue weighted by Crippen LogP contribution is 2.51. The average Bonchev–Trinajstić information content (AvgIpc) is 3.72. The van der Waals surface area contributed by atoms with Gasteiger partial charge in [0, 0.05) is 38.6 Å². The number of rotatable bonds is 5. The van der Waals surface area contributed by atoms with E-state index in [9.17, 15) is 5.48 Å². The van der Waals surface area contributed by atoms with Gasteiger partial charge in [0.2, 0.25) is 0 Å². The Hall–Kier alpha value is -6.38. The number of fused-ring (bicyclic) bond motifs is 8. The lowest BCUT2D eigenvalue weighted by Gasteiger charge is -2.28. The third kappa shape index (κ3) is 4.64. The molecule has 0 radical (unpaired) electrons. The second-order valence-corrected chi connectivity index (χ2v) is 13.8. The molecule has 1 aromatic heterocycles. The van der Waals surface area contributed by atoms with Crippen molar-refractivity contribution >= 4 is 49.8 Å². The molecule has 0 fully saturated rings. The van der Waals surface area contributed by atoms with Gasteiger partial charge in [0.25, 0.3) is 0 Å². The van der Waals surface area contributed by atoms with Crippen LogP contribution >= 0.6 is 0 Å². The van der Waals surface area contributed by atoms with Crippen molar-refractivity contribution < 1.29 is 9.90 Å². The van der Waals surface area contributed by atoms with Gasteiger partial charge in [-0.05, 0) is 98.4 Å². The van der Waals surface area contributed by atoms with Gasteiger partial charge in [-0.3, -0.25) is 0 Å². The zero-order valence-electron chi connectivity index (χ0n) is 32.3. The van der Waals surface area contributed by atoms with Crippen LogP contribution in [0.5, 0.6) is 0 Å². The average molecular weight is 658 g/mol. The number of furan rings is 1. The molecule has 8 aromatic carbocycles. The largest absolute Gasteiger partial charge is 0.455 e. The number of hydrogen-bond acceptors (Lipinski definition) is 2. The third-order valence-corrected chi connectivity index (χ3v) is 10.5. The molecule has 0 saturated heterocycles. The molecule has 2 heteroatoms. The van der Waals surface area contributed by atoms with Crippen molar-refractivity contribution in [3.63, 3.8) is 0 Å². The van der Waals surface area contributed by atoms with Gasteiger partial charge in [0.15, 0.2) is 0 Å². The second kappa shape index (κ2) is 11.3. The summed E-state index contributed by atoms with van der Waals surface area (Å²) in [5.74, 6) is 0. The molecular weight excluding hydrogens is 619 g/mol. The minimum absolute atomic E-state index is 0.0842. The van der Waals surface area contributed by atoms with Gasteiger partial charge >= 0.3 is 0 Å². The quantitative estimate of drug-likeness (QED) is 0.183. The molecule has 0 N–H and O–H groups in total. The van der Waals surface area contributed by atoms with E-state index < -0.39 is 0 Å². The van der Waals surface area contributed by atoms with Crippen LogP contribution in [0.2, 0.25) is 0 Å². The fraction of sp³-hybridized carbons (Fsp3) is 0.0612. The summed E-state index contributed by atoms with van der Waals surface area (Å²) in [5, 5.41) is 4.22. The Bertz CT molecular complexity index is 2990. The van der Waals surface area contributed by atoms with E-state index in [0.29, 0.717) is 11.3 Å². The normalized spacial score (nSPS) is 14.2. The zero-order chi connectivity index (χ0) is 37.6. The van der Waals surface area contributed by atoms with Crippen LogP contribution in [0.1, 0.15) is 30.5 Å². The summed E-state index contributed by atoms with van der Waals surface area (Å²) in [7, 11) is 0. The molecule has 242 valence electrons. The van der Waals surface area contributed by atoms with E-state index in [0.717, 1.165) is 60.7 Å². The molecule has 9 aromatic rings. The predicted octanol–water partition coefficient (Wildman–Crippen LogP) is 13.8. The van der Waals surface area contributed by atoms with Crippen molar-refractivity contribution in [3.05, 3.63) is 187 Å². The zero-order valence-corrected chi connectivity index (χ0v) is 28.3. The summed E-state index contributed by atoms with van der Waals surface area (Å²) in [6.45, 7) is 4.46. The Kier molecular flexibility index (Phi) is 5.68. The molecule has 1 aliphatic rings. The highest BCUT2D eigenvalue weighted by Gasteiger charge is 2.35. The Balaban J connectivity index is 1.21. The molecule has 0 aliphatic heterocycles. The molecule has 0 unspecified atom stereocenters. The smallest absolute Gasteiger partial charge is 0.143 e. The predicted molar refractivity (Wildman–Crippen MR) is 214 cm³/mol. The molecule has 0 saturated carbocycles. The Morgan fingerprint density at radius 3 is 2.08 bits per heavy atom. The maximum Gasteiger partial charge on any atom is 0.143 e. The summed E-state index contributed by atoms with van der Waals surface area (Å²) in [4.78, 5) is 1.90. The van der Waals surface area contributed by atoms with Crippen molar-refractivity contribution in [1.82, 2.24) is 0 Å². The Labute approximate surface area is 303 Å². The van der Waals surface area contributed by atoms with Crippen LogP contribution in [-0.4, -0.2) is 0 Å². The van der Waals surface area contributed by atoms with Crippen LogP contribution in [0.15, 0.2) is 180 Å². The van der Waals surface area contributed by atoms with E-state index in [4.69, 9.17) is 4.42 Å². The SMILES string of the molecule is [2H]c1c([2H])c(N(c2cccc(-c3cccc4oc5c6ccccc6ccc5c34)c2)c2ccc3c(c2)C(C)(C)c2ccccc2-3)c([2H])c([2H])c1-c1ccccc1. The number of benzene rings is 8. The second-order valence-electron chi connectivity index (χ2n) is 13.8. The van der Waals surface area contributed by atoms with Crippen LogP contribution < -0.4 is 4.90 Å². The molecule has 0 bridgehead atoms. The first-order chi connectivity index (χ1) is 26.7. The standard InChI is InChI=1S/C49H35NO/c1-49(2)44-20-9-8-18-41(44)42-29-27-38(31-45(42)49)50(36-25-22-33(23-26-36)32-12-4-3-5-13-32)37-16-10-15-35(30-37)39-19-11-21-46-47(39)43-28-24-34-14-6-7-17-40(34)48(43)51-46/h3-31H,1-2H3/i22D,23D,25D,26D. The van der Waals surface area contributed by atoms with E-state index in [1.54, 1.807) is 0 Å². The monoisotopic (exact) mass is 657 g/mol. The lowest BCUT2D eigenvalue weighted by atomic mass is 9.82. The first-order valence-electron chi connectivity index (χ1n) is 19.4. The minimum atomic E-state index is -0.288. The van der Waals surface area contributed by atoms with Gasteiger partial charge in [0.1, 0.15) is 11.2 Å². The summed E-state index contributed by atoms with van der Waals surface area (Å²) in [5.41, 5.74) is 10.6. The molecule has 10 rings (SSSR count). The third-order valence-electron chi connectivity index (χ3n) is 10.5. The van der Waals surface area contributed by atoms with Gasteiger partial charge in [0.05, 0.1) is 5.48 Å². The highest BCUT2D eigenvalue weighted by molar-refractivity contribution is 6.19. The van der Waals surface area contributed by atoms with Crippen LogP contribution in [-0.2, 0) is 5.41 Å². The van der Waals surface area contributed by atoms with Gasteiger partial charge in [-0.2, -0.15) is 0 Å². The highest BCUT2D eigenvalue weighted by atomic mass is 16.3. The Morgan fingerprint density at radius 2 is 1.20 bits per heavy atom. The van der Waals surface area contributed by atoms with Crippen molar-refractivity contribution in [1.29, 1.82) is 0 Å². The fourth-order valence-corrected chi connectivity index (χ4v) is 8.01. The fourth-order valence-electron chi connectivity index (χ4n) is 8.01. The van der Waals surface area contributed by atoms with E-state index in [2.05, 4.69) is 92.7 Å². The molecule has 51 heavy (non-hydrogen) atoms. The number of anilines is 3. The maximum absolute atomic E-state index is 9.50. The first-order valence-corrected chi connectivity index (χ1v) is 17.4. The summed E-state index contributed by atoms with van der Waals surface area (Å²) in [6, 6.07) is 50.5. The molecule has 1 heterocycles. The van der Waals surface area contributed by atoms with E-state index >= 15 is 0 Å². The van der Waals surface area contributed by atoms with Crippen molar-refractivity contribution in [3.8, 4) is 33.4 Å². The van der Waals surface area contributed by atoms with Gasteiger partial charge in [-0.1, -0.05) is 141 Å². The van der Waals surface area contributed by atoms with Crippen LogP contribution in [0, 0.1) is 0 Å². The lowest BCUT2D eigenvalue weighted by molar-refractivity contribution is 0.660. The lowest BCUT2D eigenvalue weighted by Crippen LogP contribution is -2.16. The maximum atomic E-state index is 9.50. The summed E-state index contributed by atoms with van der Waals surface area (Å²) in [6.07, 6.45) is 0. The molecular formula is C49H35NO. The molecule has 0 amide bonds. The van der Waals surface area contributed by atoms with Gasteiger partial charge in [-0.25, -0.2) is 0 Å². The van der Waals surface area contributed by atoms with E-state index in [-0.39, 0.29) is 40.8 Å². The van der Waals surface area contributed by atoms with Gasteiger partial charge < -0.3 is 9.32 Å². The first kappa shape index (κ1) is 25.6. The molecule has 0 spiro atoms. The summed E-state index contributed by atoms with van der Waals surface area (Å²) >= 11 is 0. The Morgan fingerprint density at radius 1 is 0.490 bits per heavy atom. The minimum Gasteiger partial charge on any atom is -0.455 e. The number of hydrogen-bond donors (Lipinski definition) is 0. The van der Waals surface area contributed by atoms with Crippen LogP contribution in [0.3, 0.4) is 0 Å². The van der Waals surface area contributed by atoms with Crippen molar-refractivity contribution in [2.75, 3.05) is 4.90 Å².